The molecular formula is C11H12N4O. The number of nitrogens with two attached hydrogens (primary N) is 4. The predicted octanol–water partition coefficient (Wildman–Crippen LogP) is 0.981. The number of rotatable bonds is 1. The van der Waals surface area contributed by atoms with Crippen molar-refractivity contribution >= 4 is 39.8 Å². The summed E-state index contributed by atoms with van der Waals surface area (Å²) < 4.78 is 0. The summed E-state index contributed by atoms with van der Waals surface area (Å²) >= 11 is 0. The smallest absolute Gasteiger partial charge is 0.152 e. The molecule has 16 heavy (non-hydrogen) atoms. The van der Waals surface area contributed by atoms with Gasteiger partial charge < -0.3 is 22.9 Å². The van der Waals surface area contributed by atoms with Crippen LogP contribution in [0, 0.1) is 0 Å². The molecule has 5 nitrogen and oxygen atoms in total. The molecule has 0 aliphatic rings. The summed E-state index contributed by atoms with van der Waals surface area (Å²) in [6.45, 7) is 0. The summed E-state index contributed by atoms with van der Waals surface area (Å²) in [5.74, 6) is 0. The first kappa shape index (κ1) is 10.1. The summed E-state index contributed by atoms with van der Waals surface area (Å²) in [4.78, 5) is 11.0. The zero-order valence-electron chi connectivity index (χ0n) is 8.53. The fourth-order valence-corrected chi connectivity index (χ4v) is 1.79. The topological polar surface area (TPSA) is 121 Å². The molecular weight excluding hydrogens is 204 g/mol. The molecule has 2 rings (SSSR count). The molecule has 82 valence electrons. The summed E-state index contributed by atoms with van der Waals surface area (Å²) in [6, 6.07) is 5.17. The fourth-order valence-electron chi connectivity index (χ4n) is 1.79. The van der Waals surface area contributed by atoms with Crippen molar-refractivity contribution in [3.05, 3.63) is 23.8 Å². The van der Waals surface area contributed by atoms with Crippen LogP contribution in [0.1, 0.15) is 10.4 Å². The van der Waals surface area contributed by atoms with E-state index in [0.29, 0.717) is 34.0 Å². The van der Waals surface area contributed by atoms with Crippen molar-refractivity contribution in [3.8, 4) is 0 Å². The Morgan fingerprint density at radius 1 is 0.938 bits per heavy atom. The molecule has 0 saturated carbocycles. The van der Waals surface area contributed by atoms with Gasteiger partial charge in [-0.25, -0.2) is 0 Å². The second kappa shape index (κ2) is 3.30. The van der Waals surface area contributed by atoms with Crippen molar-refractivity contribution in [1.29, 1.82) is 0 Å². The minimum atomic E-state index is 0.200. The zero-order valence-corrected chi connectivity index (χ0v) is 8.53. The van der Waals surface area contributed by atoms with E-state index in [4.69, 9.17) is 22.9 Å². The highest BCUT2D eigenvalue weighted by molar-refractivity contribution is 6.16. The number of carbonyl (C=O) groups excluding carboxylic acids is 1. The molecule has 0 atom stereocenters. The monoisotopic (exact) mass is 216 g/mol. The molecule has 8 N–H and O–H groups in total. The van der Waals surface area contributed by atoms with Crippen molar-refractivity contribution in [2.24, 2.45) is 0 Å². The van der Waals surface area contributed by atoms with E-state index >= 15 is 0 Å². The highest BCUT2D eigenvalue weighted by Gasteiger charge is 2.14. The van der Waals surface area contributed by atoms with Gasteiger partial charge in [0.1, 0.15) is 0 Å². The van der Waals surface area contributed by atoms with Gasteiger partial charge in [0.25, 0.3) is 0 Å². The Morgan fingerprint density at radius 3 is 2.25 bits per heavy atom. The van der Waals surface area contributed by atoms with Gasteiger partial charge in [-0.2, -0.15) is 0 Å². The lowest BCUT2D eigenvalue weighted by molar-refractivity contribution is 0.112. The number of carbonyl (C=O) groups is 1. The molecule has 0 spiro atoms. The van der Waals surface area contributed by atoms with Gasteiger partial charge in [0.05, 0.1) is 17.1 Å². The molecule has 2 aromatic carbocycles. The minimum Gasteiger partial charge on any atom is -0.398 e. The lowest BCUT2D eigenvalue weighted by atomic mass is 9.99. The lowest BCUT2D eigenvalue weighted by Crippen LogP contribution is -2.06. The van der Waals surface area contributed by atoms with Crippen LogP contribution in [0.5, 0.6) is 0 Å². The molecule has 0 aliphatic carbocycles. The zero-order chi connectivity index (χ0) is 11.9. The predicted molar refractivity (Wildman–Crippen MR) is 67.0 cm³/mol. The van der Waals surface area contributed by atoms with Crippen molar-refractivity contribution in [3.63, 3.8) is 0 Å². The van der Waals surface area contributed by atoms with E-state index in [-0.39, 0.29) is 11.4 Å². The Labute approximate surface area is 92.0 Å². The highest BCUT2D eigenvalue weighted by Crippen LogP contribution is 2.38. The third kappa shape index (κ3) is 1.15. The average Bonchev–Trinajstić information content (AvgIpc) is 2.27. The van der Waals surface area contributed by atoms with Crippen molar-refractivity contribution in [2.45, 2.75) is 0 Å². The Balaban J connectivity index is 3.10. The van der Waals surface area contributed by atoms with E-state index in [2.05, 4.69) is 0 Å². The van der Waals surface area contributed by atoms with E-state index in [1.807, 2.05) is 0 Å². The number of hydrogen-bond acceptors (Lipinski definition) is 5. The van der Waals surface area contributed by atoms with Gasteiger partial charge in [-0.05, 0) is 11.5 Å². The second-order valence-corrected chi connectivity index (χ2v) is 3.54. The summed E-state index contributed by atoms with van der Waals surface area (Å²) in [5, 5.41) is 1.20. The fraction of sp³-hybridized carbons (Fsp3) is 0. The van der Waals surface area contributed by atoms with Gasteiger partial charge >= 0.3 is 0 Å². The third-order valence-electron chi connectivity index (χ3n) is 2.64. The Morgan fingerprint density at radius 2 is 1.62 bits per heavy atom. The number of aldehydes is 1. The molecule has 0 aromatic heterocycles. The molecule has 5 heteroatoms. The van der Waals surface area contributed by atoms with E-state index in [9.17, 15) is 4.79 Å². The number of fused-ring (bicyclic) bond motifs is 1. The Hall–Kier alpha value is -2.43. The lowest BCUT2D eigenvalue weighted by Gasteiger charge is -2.13. The van der Waals surface area contributed by atoms with E-state index in [1.54, 1.807) is 18.2 Å². The van der Waals surface area contributed by atoms with Crippen LogP contribution < -0.4 is 22.9 Å². The maximum absolute atomic E-state index is 11.0. The van der Waals surface area contributed by atoms with E-state index < -0.39 is 0 Å². The number of benzene rings is 2. The van der Waals surface area contributed by atoms with Crippen LogP contribution in [0.4, 0.5) is 22.7 Å². The quantitative estimate of drug-likeness (QED) is 0.418. The molecule has 0 unspecified atom stereocenters. The van der Waals surface area contributed by atoms with Crippen molar-refractivity contribution in [2.75, 3.05) is 22.9 Å². The van der Waals surface area contributed by atoms with Gasteiger partial charge in [0, 0.05) is 16.6 Å². The highest BCUT2D eigenvalue weighted by atomic mass is 16.1. The van der Waals surface area contributed by atoms with E-state index in [0.717, 1.165) is 0 Å². The maximum atomic E-state index is 11.0. The molecule has 0 saturated heterocycles. The minimum absolute atomic E-state index is 0.200. The first-order valence-corrected chi connectivity index (χ1v) is 4.67. The van der Waals surface area contributed by atoms with Crippen LogP contribution in [0.2, 0.25) is 0 Å². The maximum Gasteiger partial charge on any atom is 0.152 e. The van der Waals surface area contributed by atoms with Crippen LogP contribution in [-0.2, 0) is 0 Å². The van der Waals surface area contributed by atoms with Gasteiger partial charge in [-0.1, -0.05) is 12.1 Å². The second-order valence-electron chi connectivity index (χ2n) is 3.54. The van der Waals surface area contributed by atoms with Crippen LogP contribution in [-0.4, -0.2) is 6.29 Å². The van der Waals surface area contributed by atoms with Crippen LogP contribution in [0.25, 0.3) is 10.8 Å². The van der Waals surface area contributed by atoms with Crippen LogP contribution >= 0.6 is 0 Å². The average molecular weight is 216 g/mol. The largest absolute Gasteiger partial charge is 0.398 e. The van der Waals surface area contributed by atoms with Gasteiger partial charge in [0.2, 0.25) is 0 Å². The third-order valence-corrected chi connectivity index (χ3v) is 2.64. The van der Waals surface area contributed by atoms with Crippen LogP contribution in [0.3, 0.4) is 0 Å². The van der Waals surface area contributed by atoms with E-state index in [1.165, 1.54) is 0 Å². The SMILES string of the molecule is Nc1c(N)c(N)c2c(N)cccc2c1C=O. The van der Waals surface area contributed by atoms with Crippen LogP contribution in [0.15, 0.2) is 18.2 Å². The molecule has 0 amide bonds. The summed E-state index contributed by atoms with van der Waals surface area (Å²) in [7, 11) is 0. The molecule has 0 heterocycles. The van der Waals surface area contributed by atoms with Gasteiger partial charge in [0.15, 0.2) is 6.29 Å². The van der Waals surface area contributed by atoms with Gasteiger partial charge in [-0.3, -0.25) is 4.79 Å². The number of hydrogen-bond donors (Lipinski definition) is 4. The summed E-state index contributed by atoms with van der Waals surface area (Å²) in [6.07, 6.45) is 0.660. The molecule has 2 aromatic rings. The first-order chi connectivity index (χ1) is 7.57. The molecule has 0 bridgehead atoms. The molecule has 0 radical (unpaired) electrons. The standard InChI is InChI=1S/C11H12N4O/c12-7-3-1-2-5-6(4-16)9(13)11(15)10(14)8(5)7/h1-4H,12-15H2. The Kier molecular flexibility index (Phi) is 2.09. The van der Waals surface area contributed by atoms with Crippen molar-refractivity contribution in [1.82, 2.24) is 0 Å². The molecule has 0 fully saturated rings. The number of anilines is 4. The molecule has 0 aliphatic heterocycles. The normalized spacial score (nSPS) is 10.5. The van der Waals surface area contributed by atoms with Gasteiger partial charge in [-0.15, -0.1) is 0 Å². The summed E-state index contributed by atoms with van der Waals surface area (Å²) in [5.41, 5.74) is 24.6. The number of nitrogen functional groups attached to an aromatic ring is 4. The van der Waals surface area contributed by atoms with Crippen molar-refractivity contribution < 1.29 is 4.79 Å². The Bertz CT molecular complexity index is 592. The first-order valence-electron chi connectivity index (χ1n) is 4.67.